The van der Waals surface area contributed by atoms with E-state index in [1.54, 1.807) is 42.5 Å². The first-order valence-electron chi connectivity index (χ1n) is 8.63. The highest BCUT2D eigenvalue weighted by molar-refractivity contribution is 6.03. The number of aliphatic hydroxyl groups excluding tert-OH is 1. The van der Waals surface area contributed by atoms with Gasteiger partial charge in [0.25, 0.3) is 0 Å². The number of aliphatic hydroxyl groups is 1. The maximum Gasteiger partial charge on any atom is 0.339 e. The Morgan fingerprint density at radius 2 is 1.83 bits per heavy atom. The fourth-order valence-electron chi connectivity index (χ4n) is 2.98. The number of aromatic amines is 2. The minimum absolute atomic E-state index is 0.0689. The summed E-state index contributed by atoms with van der Waals surface area (Å²) in [5, 5.41) is 20.2. The standard InChI is InChI=1S/C21H14N4O4/c22-10-14(20-24-16-7-3-4-8-17(16)25-20)18(26)11-29-21(28)13-9-19(27)23-15-6-2-1-5-12(13)15/h1-9,26H,11H2,(H,23,27)(H,24,25)/b18-14-. The van der Waals surface area contributed by atoms with Crippen LogP contribution in [0.3, 0.4) is 0 Å². The number of hydrogen-bond acceptors (Lipinski definition) is 6. The van der Waals surface area contributed by atoms with Crippen LogP contribution >= 0.6 is 0 Å². The topological polar surface area (TPSA) is 132 Å². The summed E-state index contributed by atoms with van der Waals surface area (Å²) < 4.78 is 5.14. The van der Waals surface area contributed by atoms with Crippen LogP contribution < -0.4 is 5.56 Å². The van der Waals surface area contributed by atoms with E-state index in [4.69, 9.17) is 4.74 Å². The average Bonchev–Trinajstić information content (AvgIpc) is 3.15. The number of rotatable bonds is 4. The molecule has 0 atom stereocenters. The van der Waals surface area contributed by atoms with Gasteiger partial charge in [-0.2, -0.15) is 5.26 Å². The molecule has 0 fully saturated rings. The Morgan fingerprint density at radius 3 is 2.59 bits per heavy atom. The number of carbonyl (C=O) groups excluding carboxylic acids is 1. The Kier molecular flexibility index (Phi) is 4.55. The Bertz CT molecular complexity index is 1340. The van der Waals surface area contributed by atoms with E-state index in [0.29, 0.717) is 21.9 Å². The van der Waals surface area contributed by atoms with Crippen molar-refractivity contribution in [3.05, 3.63) is 82.1 Å². The Morgan fingerprint density at radius 1 is 1.10 bits per heavy atom. The van der Waals surface area contributed by atoms with Crippen LogP contribution in [-0.4, -0.2) is 32.6 Å². The van der Waals surface area contributed by atoms with Gasteiger partial charge in [0, 0.05) is 17.0 Å². The zero-order valence-electron chi connectivity index (χ0n) is 15.0. The predicted octanol–water partition coefficient (Wildman–Crippen LogP) is 3.05. The number of hydrogen-bond donors (Lipinski definition) is 3. The predicted molar refractivity (Wildman–Crippen MR) is 106 cm³/mol. The Labute approximate surface area is 163 Å². The number of pyridine rings is 1. The van der Waals surface area contributed by atoms with Gasteiger partial charge in [0.1, 0.15) is 18.2 Å². The number of nitrogens with one attached hydrogen (secondary N) is 2. The van der Waals surface area contributed by atoms with E-state index >= 15 is 0 Å². The van der Waals surface area contributed by atoms with E-state index in [-0.39, 0.29) is 17.0 Å². The van der Waals surface area contributed by atoms with Crippen LogP contribution in [0, 0.1) is 11.3 Å². The van der Waals surface area contributed by atoms with E-state index in [9.17, 15) is 20.0 Å². The number of carbonyl (C=O) groups is 1. The lowest BCUT2D eigenvalue weighted by molar-refractivity contribution is 0.0505. The lowest BCUT2D eigenvalue weighted by Gasteiger charge is -2.07. The number of nitriles is 1. The molecule has 0 aliphatic carbocycles. The molecule has 0 spiro atoms. The van der Waals surface area contributed by atoms with Crippen LogP contribution in [-0.2, 0) is 4.74 Å². The Hall–Kier alpha value is -4.38. The molecule has 4 rings (SSSR count). The molecule has 29 heavy (non-hydrogen) atoms. The summed E-state index contributed by atoms with van der Waals surface area (Å²) in [4.78, 5) is 34.1. The van der Waals surface area contributed by atoms with Crippen molar-refractivity contribution in [3.8, 4) is 6.07 Å². The van der Waals surface area contributed by atoms with Crippen molar-refractivity contribution in [2.75, 3.05) is 6.61 Å². The minimum Gasteiger partial charge on any atom is -0.507 e. The molecule has 8 heteroatoms. The summed E-state index contributed by atoms with van der Waals surface area (Å²) in [6.07, 6.45) is 0. The van der Waals surface area contributed by atoms with Gasteiger partial charge in [0.05, 0.1) is 16.6 Å². The van der Waals surface area contributed by atoms with Crippen LogP contribution in [0.15, 0.2) is 65.2 Å². The highest BCUT2D eigenvalue weighted by atomic mass is 16.5. The third-order valence-corrected chi connectivity index (χ3v) is 4.34. The Balaban J connectivity index is 1.61. The van der Waals surface area contributed by atoms with Crippen molar-refractivity contribution < 1.29 is 14.6 Å². The average molecular weight is 386 g/mol. The molecule has 2 heterocycles. The molecule has 0 aliphatic heterocycles. The van der Waals surface area contributed by atoms with Gasteiger partial charge < -0.3 is 19.8 Å². The largest absolute Gasteiger partial charge is 0.507 e. The summed E-state index contributed by atoms with van der Waals surface area (Å²) in [7, 11) is 0. The molecule has 3 N–H and O–H groups in total. The second-order valence-electron chi connectivity index (χ2n) is 6.21. The number of ether oxygens (including phenoxy) is 1. The number of benzene rings is 2. The lowest BCUT2D eigenvalue weighted by Crippen LogP contribution is -2.14. The van der Waals surface area contributed by atoms with Gasteiger partial charge in [-0.15, -0.1) is 0 Å². The third kappa shape index (κ3) is 3.44. The third-order valence-electron chi connectivity index (χ3n) is 4.34. The number of esters is 1. The molecule has 142 valence electrons. The molecule has 2 aromatic carbocycles. The summed E-state index contributed by atoms with van der Waals surface area (Å²) >= 11 is 0. The molecule has 0 amide bonds. The second-order valence-corrected chi connectivity index (χ2v) is 6.21. The van der Waals surface area contributed by atoms with Gasteiger partial charge in [-0.25, -0.2) is 9.78 Å². The molecular weight excluding hydrogens is 372 g/mol. The summed E-state index contributed by atoms with van der Waals surface area (Å²) in [5.41, 5.74) is 1.32. The zero-order valence-corrected chi connectivity index (χ0v) is 15.0. The molecule has 0 saturated carbocycles. The van der Waals surface area contributed by atoms with Crippen LogP contribution in [0.5, 0.6) is 0 Å². The van der Waals surface area contributed by atoms with Crippen molar-refractivity contribution in [2.24, 2.45) is 0 Å². The van der Waals surface area contributed by atoms with E-state index in [1.165, 1.54) is 0 Å². The number of allylic oxidation sites excluding steroid dienone is 1. The normalized spacial score (nSPS) is 11.8. The number of aromatic nitrogens is 3. The highest BCUT2D eigenvalue weighted by Crippen LogP contribution is 2.20. The van der Waals surface area contributed by atoms with Crippen LogP contribution in [0.4, 0.5) is 0 Å². The monoisotopic (exact) mass is 386 g/mol. The van der Waals surface area contributed by atoms with Crippen molar-refractivity contribution in [3.63, 3.8) is 0 Å². The molecule has 0 aliphatic rings. The van der Waals surface area contributed by atoms with Gasteiger partial charge in [0.2, 0.25) is 5.56 Å². The van der Waals surface area contributed by atoms with Gasteiger partial charge in [-0.1, -0.05) is 30.3 Å². The number of para-hydroxylation sites is 3. The fourth-order valence-corrected chi connectivity index (χ4v) is 2.98. The van der Waals surface area contributed by atoms with Gasteiger partial charge in [-0.05, 0) is 18.2 Å². The SMILES string of the molecule is N#C/C(=C(/O)COC(=O)c1cc(=O)[nH]c2ccccc12)c1nc2ccccc2[nH]1. The molecule has 0 unspecified atom stereocenters. The molecule has 0 bridgehead atoms. The van der Waals surface area contributed by atoms with E-state index in [2.05, 4.69) is 15.0 Å². The van der Waals surface area contributed by atoms with Crippen molar-refractivity contribution in [1.82, 2.24) is 15.0 Å². The maximum atomic E-state index is 12.5. The second kappa shape index (κ2) is 7.32. The van der Waals surface area contributed by atoms with Crippen molar-refractivity contribution in [1.29, 1.82) is 5.26 Å². The lowest BCUT2D eigenvalue weighted by atomic mass is 10.1. The highest BCUT2D eigenvalue weighted by Gasteiger charge is 2.17. The van der Waals surface area contributed by atoms with Gasteiger partial charge >= 0.3 is 5.97 Å². The molecule has 0 saturated heterocycles. The quantitative estimate of drug-likeness (QED) is 0.281. The fraction of sp³-hybridized carbons (Fsp3) is 0.0476. The van der Waals surface area contributed by atoms with E-state index in [0.717, 1.165) is 6.07 Å². The van der Waals surface area contributed by atoms with E-state index in [1.807, 2.05) is 12.1 Å². The molecular formula is C21H14N4O4. The number of fused-ring (bicyclic) bond motifs is 2. The molecule has 8 nitrogen and oxygen atoms in total. The van der Waals surface area contributed by atoms with Crippen LogP contribution in [0.25, 0.3) is 27.5 Å². The summed E-state index contributed by atoms with van der Waals surface area (Å²) in [5.74, 6) is -1.07. The zero-order chi connectivity index (χ0) is 20.4. The number of H-pyrrole nitrogens is 2. The molecule has 4 aromatic rings. The van der Waals surface area contributed by atoms with Gasteiger partial charge in [-0.3, -0.25) is 4.79 Å². The number of nitrogens with zero attached hydrogens (tertiary/aromatic N) is 2. The molecule has 0 radical (unpaired) electrons. The summed E-state index contributed by atoms with van der Waals surface area (Å²) in [6.45, 7) is -0.542. The van der Waals surface area contributed by atoms with Crippen molar-refractivity contribution >= 4 is 33.5 Å². The van der Waals surface area contributed by atoms with Crippen LogP contribution in [0.2, 0.25) is 0 Å². The maximum absolute atomic E-state index is 12.5. The van der Waals surface area contributed by atoms with Gasteiger partial charge in [0.15, 0.2) is 11.6 Å². The first-order chi connectivity index (χ1) is 14.1. The minimum atomic E-state index is -0.791. The number of imidazole rings is 1. The molecule has 2 aromatic heterocycles. The smallest absolute Gasteiger partial charge is 0.339 e. The first kappa shape index (κ1) is 18.0. The van der Waals surface area contributed by atoms with Crippen molar-refractivity contribution in [2.45, 2.75) is 0 Å². The summed E-state index contributed by atoms with van der Waals surface area (Å²) in [6, 6.07) is 17.0. The van der Waals surface area contributed by atoms with Crippen LogP contribution in [0.1, 0.15) is 16.2 Å². The van der Waals surface area contributed by atoms with E-state index < -0.39 is 23.9 Å². The first-order valence-corrected chi connectivity index (χ1v) is 8.63.